The number of aromatic nitrogens is 1. The Kier molecular flexibility index (Phi) is 4.74. The topological polar surface area (TPSA) is 53.4 Å². The second-order valence-corrected chi connectivity index (χ2v) is 8.06. The van der Waals surface area contributed by atoms with E-state index in [0.29, 0.717) is 12.8 Å². The van der Waals surface area contributed by atoms with E-state index in [1.54, 1.807) is 0 Å². The number of carboxylic acid groups (broad SMARTS) is 1. The van der Waals surface area contributed by atoms with Gasteiger partial charge in [-0.15, -0.1) is 11.3 Å². The minimum atomic E-state index is -0.669. The smallest absolute Gasteiger partial charge is 0.306 e. The van der Waals surface area contributed by atoms with Crippen LogP contribution in [0, 0.1) is 12.8 Å². The second kappa shape index (κ2) is 7.17. The molecule has 4 nitrogen and oxygen atoms in total. The van der Waals surface area contributed by atoms with Gasteiger partial charge in [-0.3, -0.25) is 14.7 Å². The normalized spacial score (nSPS) is 17.4. The number of likely N-dealkylation sites (tertiary alicyclic amines) is 1. The number of nitrogens with zero attached hydrogens (tertiary/aromatic N) is 2. The molecule has 0 amide bonds. The molecule has 0 bridgehead atoms. The Bertz CT molecular complexity index is 895. The number of pyridine rings is 1. The number of benzene rings is 1. The molecule has 1 aliphatic rings. The third-order valence-corrected chi connectivity index (χ3v) is 6.44. The molecule has 0 saturated carbocycles. The van der Waals surface area contributed by atoms with Gasteiger partial charge in [0, 0.05) is 15.8 Å². The summed E-state index contributed by atoms with van der Waals surface area (Å²) in [4.78, 5) is 19.7. The Balaban J connectivity index is 1.73. The fraction of sp³-hybridized carbons (Fsp3) is 0.333. The van der Waals surface area contributed by atoms with Crippen molar-refractivity contribution in [1.29, 1.82) is 0 Å². The van der Waals surface area contributed by atoms with Gasteiger partial charge in [0.15, 0.2) is 0 Å². The first kappa shape index (κ1) is 17.2. The number of hydrogen-bond donors (Lipinski definition) is 1. The summed E-state index contributed by atoms with van der Waals surface area (Å²) in [5, 5.41) is 10.6. The standard InChI is InChI=1S/C21H22N2O2S/c1-14-5-4-10-22-19(14)20(23-11-8-15(9-12-23)21(24)25)18-13-16-6-2-3-7-17(16)26-18/h2-7,10,13,15,20H,8-9,11-12H2,1H3,(H,24,25). The molecule has 2 aromatic heterocycles. The Morgan fingerprint density at radius 1 is 1.23 bits per heavy atom. The lowest BCUT2D eigenvalue weighted by molar-refractivity contribution is -0.143. The van der Waals surface area contributed by atoms with Crippen LogP contribution in [0.25, 0.3) is 10.1 Å². The number of thiophene rings is 1. The molecule has 1 aromatic carbocycles. The van der Waals surface area contributed by atoms with E-state index >= 15 is 0 Å². The highest BCUT2D eigenvalue weighted by atomic mass is 32.1. The molecule has 1 aliphatic heterocycles. The number of fused-ring (bicyclic) bond motifs is 1. The highest BCUT2D eigenvalue weighted by Crippen LogP contribution is 2.38. The molecule has 134 valence electrons. The molecule has 1 atom stereocenters. The predicted molar refractivity (Wildman–Crippen MR) is 105 cm³/mol. The molecule has 1 saturated heterocycles. The highest BCUT2D eigenvalue weighted by molar-refractivity contribution is 7.19. The third-order valence-electron chi connectivity index (χ3n) is 5.27. The lowest BCUT2D eigenvalue weighted by Gasteiger charge is -2.36. The summed E-state index contributed by atoms with van der Waals surface area (Å²) in [7, 11) is 0. The number of aliphatic carboxylic acids is 1. The molecule has 5 heteroatoms. The number of rotatable bonds is 4. The maximum atomic E-state index is 11.3. The molecule has 3 aromatic rings. The average Bonchev–Trinajstić information content (AvgIpc) is 3.07. The summed E-state index contributed by atoms with van der Waals surface area (Å²) in [6.45, 7) is 3.67. The largest absolute Gasteiger partial charge is 0.481 e. The molecule has 3 heterocycles. The second-order valence-electron chi connectivity index (χ2n) is 6.94. The van der Waals surface area contributed by atoms with Crippen LogP contribution in [-0.2, 0) is 4.79 Å². The van der Waals surface area contributed by atoms with Crippen LogP contribution in [0.5, 0.6) is 0 Å². The molecule has 0 spiro atoms. The van der Waals surface area contributed by atoms with E-state index in [2.05, 4.69) is 48.2 Å². The van der Waals surface area contributed by atoms with Crippen LogP contribution in [0.2, 0.25) is 0 Å². The first-order chi connectivity index (χ1) is 12.6. The minimum Gasteiger partial charge on any atom is -0.481 e. The Hall–Kier alpha value is -2.24. The van der Waals surface area contributed by atoms with Crippen LogP contribution >= 0.6 is 11.3 Å². The van der Waals surface area contributed by atoms with Crippen molar-refractivity contribution in [1.82, 2.24) is 9.88 Å². The van der Waals surface area contributed by atoms with Crippen molar-refractivity contribution >= 4 is 27.4 Å². The van der Waals surface area contributed by atoms with Gasteiger partial charge in [0.25, 0.3) is 0 Å². The molecular weight excluding hydrogens is 344 g/mol. The fourth-order valence-electron chi connectivity index (χ4n) is 3.81. The van der Waals surface area contributed by atoms with Gasteiger partial charge in [-0.1, -0.05) is 24.3 Å². The molecular formula is C21H22N2O2S. The number of carboxylic acids is 1. The van der Waals surface area contributed by atoms with Crippen molar-refractivity contribution in [2.24, 2.45) is 5.92 Å². The summed E-state index contributed by atoms with van der Waals surface area (Å²) < 4.78 is 1.28. The summed E-state index contributed by atoms with van der Waals surface area (Å²) in [5.41, 5.74) is 2.25. The first-order valence-electron chi connectivity index (χ1n) is 9.00. The lowest BCUT2D eigenvalue weighted by Crippen LogP contribution is -2.39. The Morgan fingerprint density at radius 3 is 2.69 bits per heavy atom. The van der Waals surface area contributed by atoms with Crippen LogP contribution in [0.15, 0.2) is 48.7 Å². The molecule has 1 fully saturated rings. The number of aryl methyl sites for hydroxylation is 1. The average molecular weight is 366 g/mol. The van der Waals surface area contributed by atoms with Crippen molar-refractivity contribution in [3.8, 4) is 0 Å². The van der Waals surface area contributed by atoms with Gasteiger partial charge in [-0.2, -0.15) is 0 Å². The highest BCUT2D eigenvalue weighted by Gasteiger charge is 2.32. The van der Waals surface area contributed by atoms with Gasteiger partial charge in [-0.25, -0.2) is 0 Å². The van der Waals surface area contributed by atoms with Crippen LogP contribution in [0.3, 0.4) is 0 Å². The van der Waals surface area contributed by atoms with Gasteiger partial charge in [0.05, 0.1) is 17.7 Å². The summed E-state index contributed by atoms with van der Waals surface area (Å²) in [5.74, 6) is -0.892. The van der Waals surface area contributed by atoms with E-state index in [0.717, 1.165) is 18.8 Å². The van der Waals surface area contributed by atoms with Gasteiger partial charge in [0.1, 0.15) is 0 Å². The van der Waals surface area contributed by atoms with Crippen molar-refractivity contribution in [3.05, 3.63) is 64.8 Å². The zero-order chi connectivity index (χ0) is 18.1. The number of piperidine rings is 1. The van der Waals surface area contributed by atoms with E-state index in [1.165, 1.54) is 20.5 Å². The van der Waals surface area contributed by atoms with Gasteiger partial charge in [0.2, 0.25) is 0 Å². The van der Waals surface area contributed by atoms with Gasteiger partial charge < -0.3 is 5.11 Å². The summed E-state index contributed by atoms with van der Waals surface area (Å²) in [6, 6.07) is 14.9. The van der Waals surface area contributed by atoms with E-state index in [-0.39, 0.29) is 12.0 Å². The summed E-state index contributed by atoms with van der Waals surface area (Å²) >= 11 is 1.81. The third kappa shape index (κ3) is 3.24. The van der Waals surface area contributed by atoms with Crippen LogP contribution in [0.4, 0.5) is 0 Å². The maximum absolute atomic E-state index is 11.3. The van der Waals surface area contributed by atoms with Crippen molar-refractivity contribution in [2.75, 3.05) is 13.1 Å². The van der Waals surface area contributed by atoms with Crippen LogP contribution in [-0.4, -0.2) is 34.0 Å². The molecule has 1 unspecified atom stereocenters. The Morgan fingerprint density at radius 2 is 2.00 bits per heavy atom. The lowest BCUT2D eigenvalue weighted by atomic mass is 9.94. The summed E-state index contributed by atoms with van der Waals surface area (Å²) in [6.07, 6.45) is 3.25. The molecule has 1 N–H and O–H groups in total. The molecule has 0 aliphatic carbocycles. The fourth-order valence-corrected chi connectivity index (χ4v) is 5.02. The predicted octanol–water partition coefficient (Wildman–Crippen LogP) is 4.49. The molecule has 4 rings (SSSR count). The zero-order valence-corrected chi connectivity index (χ0v) is 15.6. The van der Waals surface area contributed by atoms with E-state index in [4.69, 9.17) is 4.98 Å². The van der Waals surface area contributed by atoms with Crippen molar-refractivity contribution < 1.29 is 9.90 Å². The SMILES string of the molecule is Cc1cccnc1C(c1cc2ccccc2s1)N1CCC(C(=O)O)CC1. The zero-order valence-electron chi connectivity index (χ0n) is 14.8. The number of carbonyl (C=O) groups is 1. The monoisotopic (exact) mass is 366 g/mol. The van der Waals surface area contributed by atoms with Crippen LogP contribution < -0.4 is 0 Å². The Labute approximate surface area is 157 Å². The van der Waals surface area contributed by atoms with E-state index in [1.807, 2.05) is 23.6 Å². The van der Waals surface area contributed by atoms with E-state index in [9.17, 15) is 9.90 Å². The van der Waals surface area contributed by atoms with Crippen molar-refractivity contribution in [2.45, 2.75) is 25.8 Å². The minimum absolute atomic E-state index is 0.0864. The molecule has 0 radical (unpaired) electrons. The maximum Gasteiger partial charge on any atom is 0.306 e. The number of hydrogen-bond acceptors (Lipinski definition) is 4. The van der Waals surface area contributed by atoms with Gasteiger partial charge >= 0.3 is 5.97 Å². The molecule has 26 heavy (non-hydrogen) atoms. The van der Waals surface area contributed by atoms with Gasteiger partial charge in [-0.05, 0) is 62.0 Å². The quantitative estimate of drug-likeness (QED) is 0.739. The van der Waals surface area contributed by atoms with Crippen molar-refractivity contribution in [3.63, 3.8) is 0 Å². The van der Waals surface area contributed by atoms with E-state index < -0.39 is 5.97 Å². The van der Waals surface area contributed by atoms with Crippen LogP contribution in [0.1, 0.15) is 35.0 Å². The first-order valence-corrected chi connectivity index (χ1v) is 9.82.